The van der Waals surface area contributed by atoms with Gasteiger partial charge in [0.15, 0.2) is 0 Å². The Kier molecular flexibility index (Phi) is 6.22. The predicted molar refractivity (Wildman–Crippen MR) is 71.2 cm³/mol. The number of hydrogen-bond donors (Lipinski definition) is 0. The molecule has 0 aliphatic carbocycles. The van der Waals surface area contributed by atoms with Crippen molar-refractivity contribution in [2.24, 2.45) is 0 Å². The lowest BCUT2D eigenvalue weighted by Gasteiger charge is -2.08. The summed E-state index contributed by atoms with van der Waals surface area (Å²) in [6.07, 6.45) is 2.23. The fraction of sp³-hybridized carbons (Fsp3) is 0.462. The summed E-state index contributed by atoms with van der Waals surface area (Å²) in [7, 11) is -3.82. The minimum atomic E-state index is -3.82. The van der Waals surface area contributed by atoms with Crippen LogP contribution in [0.3, 0.4) is 0 Å². The summed E-state index contributed by atoms with van der Waals surface area (Å²) in [4.78, 5) is 11.6. The van der Waals surface area contributed by atoms with Gasteiger partial charge >= 0.3 is 5.97 Å². The van der Waals surface area contributed by atoms with Crippen LogP contribution in [0.4, 0.5) is 8.78 Å². The van der Waals surface area contributed by atoms with Crippen LogP contribution in [0, 0.1) is 11.6 Å². The number of carbonyl (C=O) groups is 1. The normalized spacial score (nSPS) is 11.4. The van der Waals surface area contributed by atoms with E-state index in [0.717, 1.165) is 24.8 Å². The largest absolute Gasteiger partial charge is 0.462 e. The van der Waals surface area contributed by atoms with Crippen LogP contribution in [0.25, 0.3) is 0 Å². The number of rotatable bonds is 7. The van der Waals surface area contributed by atoms with E-state index in [2.05, 4.69) is 4.18 Å². The third-order valence-corrected chi connectivity index (χ3v) is 3.07. The van der Waals surface area contributed by atoms with Crippen molar-refractivity contribution in [3.8, 4) is 0 Å². The number of benzene rings is 1. The summed E-state index contributed by atoms with van der Waals surface area (Å²) in [5.41, 5.74) is -0.838. The van der Waals surface area contributed by atoms with Crippen molar-refractivity contribution in [2.45, 2.75) is 26.4 Å². The van der Waals surface area contributed by atoms with Gasteiger partial charge in [-0.3, -0.25) is 4.18 Å². The van der Waals surface area contributed by atoms with Crippen molar-refractivity contribution in [1.82, 2.24) is 0 Å². The van der Waals surface area contributed by atoms with Crippen molar-refractivity contribution < 1.29 is 30.9 Å². The van der Waals surface area contributed by atoms with Gasteiger partial charge in [0.05, 0.1) is 30.6 Å². The first-order valence-electron chi connectivity index (χ1n) is 6.24. The SMILES string of the molecule is CCCCOC(=O)c1cc(F)c(COS(C)(=O)=O)c(F)c1. The van der Waals surface area contributed by atoms with Crippen molar-refractivity contribution in [3.63, 3.8) is 0 Å². The van der Waals surface area contributed by atoms with Crippen LogP contribution in [0.2, 0.25) is 0 Å². The second-order valence-corrected chi connectivity index (χ2v) is 6.02. The number of halogens is 2. The third-order valence-electron chi connectivity index (χ3n) is 2.53. The van der Waals surface area contributed by atoms with E-state index >= 15 is 0 Å². The molecule has 0 aliphatic heterocycles. The Morgan fingerprint density at radius 1 is 1.24 bits per heavy atom. The highest BCUT2D eigenvalue weighted by atomic mass is 32.2. The molecule has 0 saturated carbocycles. The first-order valence-corrected chi connectivity index (χ1v) is 8.05. The van der Waals surface area contributed by atoms with Gasteiger partial charge in [0, 0.05) is 0 Å². The van der Waals surface area contributed by atoms with Crippen LogP contribution < -0.4 is 0 Å². The summed E-state index contributed by atoms with van der Waals surface area (Å²) in [5, 5.41) is 0. The second kappa shape index (κ2) is 7.46. The Balaban J connectivity index is 2.86. The molecular formula is C13H16F2O5S. The molecule has 1 rings (SSSR count). The molecule has 0 bridgehead atoms. The zero-order chi connectivity index (χ0) is 16.0. The summed E-state index contributed by atoms with van der Waals surface area (Å²) in [6, 6.07) is 1.58. The summed E-state index contributed by atoms with van der Waals surface area (Å²) in [6.45, 7) is 1.29. The lowest BCUT2D eigenvalue weighted by atomic mass is 10.1. The molecule has 0 aromatic heterocycles. The number of ether oxygens (including phenoxy) is 1. The molecule has 0 heterocycles. The van der Waals surface area contributed by atoms with Gasteiger partial charge in [0.2, 0.25) is 0 Å². The fourth-order valence-corrected chi connectivity index (χ4v) is 1.75. The molecule has 0 unspecified atom stereocenters. The topological polar surface area (TPSA) is 69.7 Å². The third kappa shape index (κ3) is 5.76. The molecular weight excluding hydrogens is 306 g/mol. The highest BCUT2D eigenvalue weighted by molar-refractivity contribution is 7.85. The highest BCUT2D eigenvalue weighted by Gasteiger charge is 2.17. The van der Waals surface area contributed by atoms with Crippen molar-refractivity contribution in [2.75, 3.05) is 12.9 Å². The van der Waals surface area contributed by atoms with Gasteiger partial charge in [0.1, 0.15) is 11.6 Å². The van der Waals surface area contributed by atoms with Crippen LogP contribution in [-0.2, 0) is 25.6 Å². The molecule has 118 valence electrons. The minimum absolute atomic E-state index is 0.164. The fourth-order valence-electron chi connectivity index (χ4n) is 1.42. The molecule has 8 heteroatoms. The molecule has 0 atom stereocenters. The smallest absolute Gasteiger partial charge is 0.338 e. The van der Waals surface area contributed by atoms with E-state index in [0.29, 0.717) is 6.42 Å². The maximum Gasteiger partial charge on any atom is 0.338 e. The Morgan fingerprint density at radius 2 is 1.81 bits per heavy atom. The van der Waals surface area contributed by atoms with Crippen molar-refractivity contribution in [1.29, 1.82) is 0 Å². The molecule has 1 aromatic carbocycles. The number of esters is 1. The molecule has 0 radical (unpaired) electrons. The van der Waals surface area contributed by atoms with E-state index in [4.69, 9.17) is 4.74 Å². The Bertz CT molecular complexity index is 590. The Labute approximate surface area is 122 Å². The van der Waals surface area contributed by atoms with Gasteiger partial charge in [-0.1, -0.05) is 13.3 Å². The molecule has 0 fully saturated rings. The van der Waals surface area contributed by atoms with E-state index in [1.807, 2.05) is 6.92 Å². The van der Waals surface area contributed by atoms with E-state index in [1.165, 1.54) is 0 Å². The van der Waals surface area contributed by atoms with Gasteiger partial charge in [-0.15, -0.1) is 0 Å². The molecule has 1 aromatic rings. The molecule has 0 aliphatic rings. The average molecular weight is 322 g/mol. The van der Waals surface area contributed by atoms with Crippen LogP contribution in [0.15, 0.2) is 12.1 Å². The number of carbonyl (C=O) groups excluding carboxylic acids is 1. The van der Waals surface area contributed by atoms with Crippen LogP contribution in [-0.4, -0.2) is 27.2 Å². The van der Waals surface area contributed by atoms with Crippen LogP contribution in [0.1, 0.15) is 35.7 Å². The van der Waals surface area contributed by atoms with E-state index in [9.17, 15) is 22.0 Å². The first kappa shape index (κ1) is 17.5. The van der Waals surface area contributed by atoms with E-state index in [-0.39, 0.29) is 12.2 Å². The monoisotopic (exact) mass is 322 g/mol. The molecule has 0 saturated heterocycles. The lowest BCUT2D eigenvalue weighted by molar-refractivity contribution is 0.0498. The number of hydrogen-bond acceptors (Lipinski definition) is 5. The molecule has 5 nitrogen and oxygen atoms in total. The summed E-state index contributed by atoms with van der Waals surface area (Å²) >= 11 is 0. The van der Waals surface area contributed by atoms with Gasteiger partial charge in [-0.25, -0.2) is 13.6 Å². The average Bonchev–Trinajstić information content (AvgIpc) is 2.36. The van der Waals surface area contributed by atoms with Gasteiger partial charge in [-0.05, 0) is 18.6 Å². The Hall–Kier alpha value is -1.54. The quantitative estimate of drug-likeness (QED) is 0.438. The van der Waals surface area contributed by atoms with Crippen LogP contribution >= 0.6 is 0 Å². The van der Waals surface area contributed by atoms with E-state index < -0.39 is 39.9 Å². The number of unbranched alkanes of at least 4 members (excludes halogenated alkanes) is 1. The highest BCUT2D eigenvalue weighted by Crippen LogP contribution is 2.18. The van der Waals surface area contributed by atoms with Gasteiger partial charge < -0.3 is 4.74 Å². The lowest BCUT2D eigenvalue weighted by Crippen LogP contribution is -2.10. The van der Waals surface area contributed by atoms with Crippen molar-refractivity contribution in [3.05, 3.63) is 34.9 Å². The second-order valence-electron chi connectivity index (χ2n) is 4.37. The molecule has 21 heavy (non-hydrogen) atoms. The Morgan fingerprint density at radius 3 is 2.29 bits per heavy atom. The predicted octanol–water partition coefficient (Wildman–Crippen LogP) is 2.40. The van der Waals surface area contributed by atoms with Crippen LogP contribution in [0.5, 0.6) is 0 Å². The molecule has 0 amide bonds. The summed E-state index contributed by atoms with van der Waals surface area (Å²) in [5.74, 6) is -2.97. The van der Waals surface area contributed by atoms with E-state index in [1.54, 1.807) is 0 Å². The molecule has 0 N–H and O–H groups in total. The van der Waals surface area contributed by atoms with Gasteiger partial charge in [-0.2, -0.15) is 8.42 Å². The minimum Gasteiger partial charge on any atom is -0.462 e. The maximum atomic E-state index is 13.7. The summed E-state index contributed by atoms with van der Waals surface area (Å²) < 4.78 is 58.2. The maximum absolute atomic E-state index is 13.7. The zero-order valence-electron chi connectivity index (χ0n) is 11.7. The van der Waals surface area contributed by atoms with Crippen molar-refractivity contribution >= 4 is 16.1 Å². The zero-order valence-corrected chi connectivity index (χ0v) is 12.5. The molecule has 0 spiro atoms. The van der Waals surface area contributed by atoms with Gasteiger partial charge in [0.25, 0.3) is 10.1 Å². The first-order chi connectivity index (χ1) is 9.74. The standard InChI is InChI=1S/C13H16F2O5S/c1-3-4-5-19-13(16)9-6-11(14)10(12(15)7-9)8-20-21(2,17)18/h6-7H,3-5,8H2,1-2H3.